The molecule has 1 atom stereocenters. The topological polar surface area (TPSA) is 85.9 Å². The number of rotatable bonds is 3. The molecule has 3 aromatic heterocycles. The average molecular weight is 421 g/mol. The third-order valence-corrected chi connectivity index (χ3v) is 6.51. The van der Waals surface area contributed by atoms with E-state index < -0.39 is 11.5 Å². The fourth-order valence-electron chi connectivity index (χ4n) is 3.59. The first-order valence-corrected chi connectivity index (χ1v) is 10.5. The van der Waals surface area contributed by atoms with Crippen LogP contribution in [0.1, 0.15) is 60.0 Å². The second-order valence-electron chi connectivity index (χ2n) is 8.52. The third kappa shape index (κ3) is 3.11. The van der Waals surface area contributed by atoms with Gasteiger partial charge in [0.2, 0.25) is 0 Å². The van der Waals surface area contributed by atoms with Gasteiger partial charge < -0.3 is 0 Å². The monoisotopic (exact) mass is 420 g/mol. The number of carbonyl (C=O) groups excluding carboxylic acids is 1. The normalized spacial score (nSPS) is 15.8. The summed E-state index contributed by atoms with van der Waals surface area (Å²) in [4.78, 5) is 19.4. The highest BCUT2D eigenvalue weighted by atomic mass is 32.1. The highest BCUT2D eigenvalue weighted by molar-refractivity contribution is 7.15. The summed E-state index contributed by atoms with van der Waals surface area (Å²) in [7, 11) is 0. The van der Waals surface area contributed by atoms with Gasteiger partial charge in [0.25, 0.3) is 0 Å². The second kappa shape index (κ2) is 7.05. The van der Waals surface area contributed by atoms with Gasteiger partial charge in [-0.15, -0.1) is 21.5 Å². The van der Waals surface area contributed by atoms with Crippen LogP contribution in [0.2, 0.25) is 0 Å². The molecule has 4 heterocycles. The number of nitrogens with zero attached hydrogens (tertiary/aromatic N) is 6. The zero-order valence-electron chi connectivity index (χ0n) is 18.0. The molecule has 8 heteroatoms. The summed E-state index contributed by atoms with van der Waals surface area (Å²) in [5.41, 5.74) is 3.57. The predicted octanol–water partition coefficient (Wildman–Crippen LogP) is 4.11. The second-order valence-corrected chi connectivity index (χ2v) is 9.72. The van der Waals surface area contributed by atoms with Crippen molar-refractivity contribution in [1.29, 1.82) is 0 Å². The number of carbonyl (C=O) groups is 1. The zero-order valence-corrected chi connectivity index (χ0v) is 18.8. The molecule has 154 valence electrons. The standard InChI is InChI=1S/C22H24N6OS/c1-11-13(3)30-21-16(11)18(15-8-9-23-24-10-15)25-17(12(2)19(29)22(5,6)7)20-27-26-14(4)28(20)21/h8-10,17H,2H2,1,3-7H3/t17-/m0/s1. The van der Waals surface area contributed by atoms with Crippen molar-refractivity contribution in [3.8, 4) is 5.00 Å². The number of aromatic nitrogens is 5. The van der Waals surface area contributed by atoms with E-state index in [0.717, 1.165) is 33.2 Å². The molecule has 7 nitrogen and oxygen atoms in total. The Kier molecular flexibility index (Phi) is 4.77. The van der Waals surface area contributed by atoms with E-state index in [4.69, 9.17) is 4.99 Å². The Bertz CT molecular complexity index is 1200. The van der Waals surface area contributed by atoms with Crippen molar-refractivity contribution in [2.45, 2.75) is 47.6 Å². The van der Waals surface area contributed by atoms with Crippen molar-refractivity contribution in [3.63, 3.8) is 0 Å². The molecule has 1 aliphatic heterocycles. The van der Waals surface area contributed by atoms with Crippen molar-refractivity contribution < 1.29 is 4.79 Å². The van der Waals surface area contributed by atoms with E-state index in [-0.39, 0.29) is 5.78 Å². The van der Waals surface area contributed by atoms with Gasteiger partial charge in [-0.05, 0) is 32.4 Å². The summed E-state index contributed by atoms with van der Waals surface area (Å²) < 4.78 is 2.01. The predicted molar refractivity (Wildman–Crippen MR) is 117 cm³/mol. The van der Waals surface area contributed by atoms with Gasteiger partial charge in [-0.1, -0.05) is 27.4 Å². The molecule has 0 aromatic carbocycles. The highest BCUT2D eigenvalue weighted by Crippen LogP contribution is 2.41. The van der Waals surface area contributed by atoms with Gasteiger partial charge in [0.05, 0.1) is 18.1 Å². The number of fused-ring (bicyclic) bond motifs is 3. The van der Waals surface area contributed by atoms with E-state index in [1.165, 1.54) is 4.88 Å². The van der Waals surface area contributed by atoms with Crippen LogP contribution in [-0.4, -0.2) is 36.5 Å². The SMILES string of the molecule is C=C(C(=O)C(C)(C)C)[C@@H]1N=C(c2ccnnc2)c2c(sc(C)c2C)-n2c(C)nnc21. The van der Waals surface area contributed by atoms with E-state index in [2.05, 4.69) is 40.8 Å². The minimum atomic E-state index is -0.639. The van der Waals surface area contributed by atoms with Gasteiger partial charge in [0.15, 0.2) is 11.6 Å². The van der Waals surface area contributed by atoms with E-state index in [1.807, 2.05) is 38.3 Å². The van der Waals surface area contributed by atoms with Crippen molar-refractivity contribution in [2.75, 3.05) is 0 Å². The van der Waals surface area contributed by atoms with E-state index in [9.17, 15) is 4.79 Å². The Morgan fingerprint density at radius 2 is 1.90 bits per heavy atom. The Labute approximate surface area is 179 Å². The largest absolute Gasteiger partial charge is 0.294 e. The maximum atomic E-state index is 13.1. The minimum Gasteiger partial charge on any atom is -0.294 e. The van der Waals surface area contributed by atoms with Gasteiger partial charge in [-0.3, -0.25) is 14.4 Å². The van der Waals surface area contributed by atoms with Crippen LogP contribution in [0.25, 0.3) is 5.00 Å². The molecule has 0 saturated carbocycles. The number of aryl methyl sites for hydroxylation is 2. The molecule has 4 rings (SSSR count). The summed E-state index contributed by atoms with van der Waals surface area (Å²) in [6.07, 6.45) is 3.34. The lowest BCUT2D eigenvalue weighted by Crippen LogP contribution is -2.25. The molecule has 0 radical (unpaired) electrons. The first-order chi connectivity index (χ1) is 14.1. The maximum Gasteiger partial charge on any atom is 0.167 e. The Balaban J connectivity index is 2.04. The van der Waals surface area contributed by atoms with Crippen LogP contribution in [0.5, 0.6) is 0 Å². The summed E-state index contributed by atoms with van der Waals surface area (Å²) in [6, 6.07) is 1.24. The van der Waals surface area contributed by atoms with E-state index >= 15 is 0 Å². The van der Waals surface area contributed by atoms with Gasteiger partial charge >= 0.3 is 0 Å². The molecule has 0 fully saturated rings. The lowest BCUT2D eigenvalue weighted by molar-refractivity contribution is -0.122. The highest BCUT2D eigenvalue weighted by Gasteiger charge is 2.36. The third-order valence-electron chi connectivity index (χ3n) is 5.32. The first kappa shape index (κ1) is 20.3. The minimum absolute atomic E-state index is 0.0474. The number of ketones is 1. The lowest BCUT2D eigenvalue weighted by Gasteiger charge is -2.22. The quantitative estimate of drug-likeness (QED) is 0.595. The van der Waals surface area contributed by atoms with Crippen molar-refractivity contribution >= 4 is 22.8 Å². The number of hydrogen-bond acceptors (Lipinski definition) is 7. The summed E-state index contributed by atoms with van der Waals surface area (Å²) in [6.45, 7) is 15.9. The number of aliphatic imine (C=N–C) groups is 1. The fourth-order valence-corrected chi connectivity index (χ4v) is 4.81. The smallest absolute Gasteiger partial charge is 0.167 e. The van der Waals surface area contributed by atoms with E-state index in [0.29, 0.717) is 11.4 Å². The van der Waals surface area contributed by atoms with Crippen molar-refractivity contribution in [2.24, 2.45) is 10.4 Å². The van der Waals surface area contributed by atoms with Crippen molar-refractivity contribution in [3.05, 3.63) is 63.8 Å². The van der Waals surface area contributed by atoms with Crippen LogP contribution in [0.3, 0.4) is 0 Å². The molecular formula is C22H24N6OS. The maximum absolute atomic E-state index is 13.1. The molecule has 0 N–H and O–H groups in total. The van der Waals surface area contributed by atoms with E-state index in [1.54, 1.807) is 23.7 Å². The van der Waals surface area contributed by atoms with Crippen LogP contribution in [-0.2, 0) is 4.79 Å². The Morgan fingerprint density at radius 3 is 2.53 bits per heavy atom. The molecule has 0 spiro atoms. The van der Waals surface area contributed by atoms with Crippen LogP contribution in [0.4, 0.5) is 0 Å². The molecule has 0 bridgehead atoms. The molecule has 0 aliphatic carbocycles. The Morgan fingerprint density at radius 1 is 1.17 bits per heavy atom. The van der Waals surface area contributed by atoms with Gasteiger partial charge in [0, 0.05) is 27.0 Å². The molecule has 0 unspecified atom stereocenters. The average Bonchev–Trinajstić information content (AvgIpc) is 3.16. The first-order valence-electron chi connectivity index (χ1n) is 9.72. The summed E-state index contributed by atoms with van der Waals surface area (Å²) >= 11 is 1.67. The Hall–Kier alpha value is -3.00. The molecule has 3 aromatic rings. The van der Waals surface area contributed by atoms with Crippen LogP contribution in [0.15, 0.2) is 35.6 Å². The molecule has 0 saturated heterocycles. The molecule has 0 amide bonds. The lowest BCUT2D eigenvalue weighted by atomic mass is 9.84. The van der Waals surface area contributed by atoms with Crippen LogP contribution < -0.4 is 0 Å². The zero-order chi connectivity index (χ0) is 21.8. The number of Topliss-reactive ketones (excluding diaryl/α,β-unsaturated/α-hetero) is 1. The van der Waals surface area contributed by atoms with Gasteiger partial charge in [0.1, 0.15) is 16.9 Å². The number of hydrogen-bond donors (Lipinski definition) is 0. The summed E-state index contributed by atoms with van der Waals surface area (Å²) in [5, 5.41) is 17.7. The number of thiophene rings is 1. The molecular weight excluding hydrogens is 396 g/mol. The molecule has 1 aliphatic rings. The molecule has 30 heavy (non-hydrogen) atoms. The van der Waals surface area contributed by atoms with Crippen molar-refractivity contribution in [1.82, 2.24) is 25.0 Å². The summed E-state index contributed by atoms with van der Waals surface area (Å²) in [5.74, 6) is 1.31. The van der Waals surface area contributed by atoms with Gasteiger partial charge in [-0.25, -0.2) is 0 Å². The van der Waals surface area contributed by atoms with Gasteiger partial charge in [-0.2, -0.15) is 10.2 Å². The fraction of sp³-hybridized carbons (Fsp3) is 0.364. The van der Waals surface area contributed by atoms with Crippen LogP contribution >= 0.6 is 11.3 Å². The van der Waals surface area contributed by atoms with Crippen LogP contribution in [0, 0.1) is 26.2 Å².